The molecule has 3 saturated heterocycles. The Balaban J connectivity index is 0.757. The molecule has 2 N–H and O–H groups in total. The lowest BCUT2D eigenvalue weighted by atomic mass is 9.76. The van der Waals surface area contributed by atoms with Gasteiger partial charge in [-0.25, -0.2) is 4.98 Å². The molecule has 0 radical (unpaired) electrons. The summed E-state index contributed by atoms with van der Waals surface area (Å²) >= 11 is 0. The summed E-state index contributed by atoms with van der Waals surface area (Å²) in [6, 6.07) is 23.9. The van der Waals surface area contributed by atoms with E-state index in [0.717, 1.165) is 91.8 Å². The zero-order valence-corrected chi connectivity index (χ0v) is 31.3. The summed E-state index contributed by atoms with van der Waals surface area (Å²) in [6.07, 6.45) is 4.86. The minimum Gasteiger partial charge on any atom is -0.508 e. The Morgan fingerprint density at radius 2 is 1.66 bits per heavy atom. The van der Waals surface area contributed by atoms with Gasteiger partial charge < -0.3 is 29.3 Å². The molecule has 0 spiro atoms. The lowest BCUT2D eigenvalue weighted by molar-refractivity contribution is -0.136. The van der Waals surface area contributed by atoms with Crippen molar-refractivity contribution in [2.45, 2.75) is 56.1 Å². The highest BCUT2D eigenvalue weighted by molar-refractivity contribution is 6.06. The Kier molecular flexibility index (Phi) is 8.80. The molecule has 56 heavy (non-hydrogen) atoms. The number of benzene rings is 3. The van der Waals surface area contributed by atoms with Crippen LogP contribution in [0.2, 0.25) is 0 Å². The lowest BCUT2D eigenvalue weighted by Gasteiger charge is -2.47. The predicted molar refractivity (Wildman–Crippen MR) is 209 cm³/mol. The first kappa shape index (κ1) is 34.8. The highest BCUT2D eigenvalue weighted by atomic mass is 16.5. The SMILES string of the molecule is O=C1CCC(N2Cc3cc4c(cc3C2=O)OC[C@@H]2CN(CC3CCN(c5ccc([C@@H]6c7ccc(O)cc7OC[C@@H]6c6ccccc6)cn5)CC3)CCN42)C(=O)N1. The molecule has 10 rings (SSSR count). The van der Waals surface area contributed by atoms with Gasteiger partial charge in [-0.3, -0.25) is 24.6 Å². The van der Waals surface area contributed by atoms with E-state index in [1.165, 1.54) is 5.56 Å². The number of nitrogens with one attached hydrogen (secondary N) is 1. The largest absolute Gasteiger partial charge is 0.508 e. The molecule has 4 aromatic rings. The van der Waals surface area contributed by atoms with Crippen molar-refractivity contribution >= 4 is 29.2 Å². The molecular weight excluding hydrogens is 709 g/mol. The van der Waals surface area contributed by atoms with Crippen LogP contribution in [0, 0.1) is 5.92 Å². The summed E-state index contributed by atoms with van der Waals surface area (Å²) in [6.45, 7) is 7.28. The maximum absolute atomic E-state index is 13.4. The molecule has 288 valence electrons. The van der Waals surface area contributed by atoms with Gasteiger partial charge in [-0.2, -0.15) is 0 Å². The first-order valence-electron chi connectivity index (χ1n) is 20.0. The molecular formula is C44H46N6O6. The number of aromatic hydroxyl groups is 1. The van der Waals surface area contributed by atoms with E-state index in [-0.39, 0.29) is 41.9 Å². The third kappa shape index (κ3) is 6.29. The number of carbonyl (C=O) groups excluding carboxylic acids is 3. The molecule has 1 unspecified atom stereocenters. The summed E-state index contributed by atoms with van der Waals surface area (Å²) in [5, 5.41) is 12.5. The number of carbonyl (C=O) groups is 3. The number of ether oxygens (including phenoxy) is 2. The zero-order chi connectivity index (χ0) is 37.9. The number of anilines is 2. The van der Waals surface area contributed by atoms with Crippen LogP contribution >= 0.6 is 0 Å². The van der Waals surface area contributed by atoms with Gasteiger partial charge in [-0.05, 0) is 66.1 Å². The van der Waals surface area contributed by atoms with Gasteiger partial charge >= 0.3 is 0 Å². The molecule has 3 amide bonds. The molecule has 3 fully saturated rings. The van der Waals surface area contributed by atoms with Crippen molar-refractivity contribution < 1.29 is 29.0 Å². The number of rotatable bonds is 6. The van der Waals surface area contributed by atoms with Gasteiger partial charge in [0.2, 0.25) is 11.8 Å². The summed E-state index contributed by atoms with van der Waals surface area (Å²) in [4.78, 5) is 51.7. The van der Waals surface area contributed by atoms with E-state index in [1.807, 2.05) is 24.4 Å². The minimum atomic E-state index is -0.628. The van der Waals surface area contributed by atoms with E-state index in [4.69, 9.17) is 14.5 Å². The fourth-order valence-electron chi connectivity index (χ4n) is 9.93. The lowest BCUT2D eigenvalue weighted by Crippen LogP contribution is -2.58. The van der Waals surface area contributed by atoms with Crippen LogP contribution in [0.4, 0.5) is 11.5 Å². The number of imide groups is 1. The number of piperidine rings is 2. The van der Waals surface area contributed by atoms with Crippen LogP contribution in [0.1, 0.15) is 70.1 Å². The van der Waals surface area contributed by atoms with Gasteiger partial charge in [0.05, 0.1) is 18.3 Å². The van der Waals surface area contributed by atoms with Crippen molar-refractivity contribution in [1.29, 1.82) is 0 Å². The van der Waals surface area contributed by atoms with Gasteiger partial charge in [0, 0.05) is 87.5 Å². The van der Waals surface area contributed by atoms with E-state index in [2.05, 4.69) is 62.5 Å². The number of phenolic OH excluding ortho intramolecular Hbond substituents is 1. The number of amides is 3. The van der Waals surface area contributed by atoms with Gasteiger partial charge in [0.1, 0.15) is 35.7 Å². The van der Waals surface area contributed by atoms with Gasteiger partial charge in [-0.1, -0.05) is 42.5 Å². The Labute approximate surface area is 326 Å². The summed E-state index contributed by atoms with van der Waals surface area (Å²) in [5.74, 6) is 2.65. The van der Waals surface area contributed by atoms with Crippen molar-refractivity contribution in [2.75, 3.05) is 62.3 Å². The van der Waals surface area contributed by atoms with Crippen LogP contribution in [-0.2, 0) is 16.1 Å². The molecule has 3 aromatic carbocycles. The van der Waals surface area contributed by atoms with Crippen molar-refractivity contribution in [1.82, 2.24) is 20.1 Å². The second kappa shape index (κ2) is 14.1. The number of hydrogen-bond donors (Lipinski definition) is 2. The average Bonchev–Trinajstić information content (AvgIpc) is 3.54. The van der Waals surface area contributed by atoms with E-state index >= 15 is 0 Å². The normalized spacial score (nSPS) is 25.1. The molecule has 1 aromatic heterocycles. The first-order chi connectivity index (χ1) is 27.4. The summed E-state index contributed by atoms with van der Waals surface area (Å²) in [7, 11) is 0. The fraction of sp³-hybridized carbons (Fsp3) is 0.409. The summed E-state index contributed by atoms with van der Waals surface area (Å²) in [5.41, 5.74) is 5.97. The maximum atomic E-state index is 13.4. The monoisotopic (exact) mass is 754 g/mol. The number of hydrogen-bond acceptors (Lipinski definition) is 10. The van der Waals surface area contributed by atoms with Crippen molar-refractivity contribution in [2.24, 2.45) is 5.92 Å². The number of pyridine rings is 1. The predicted octanol–water partition coefficient (Wildman–Crippen LogP) is 4.66. The van der Waals surface area contributed by atoms with E-state index < -0.39 is 11.9 Å². The Morgan fingerprint density at radius 1 is 0.821 bits per heavy atom. The molecule has 12 nitrogen and oxygen atoms in total. The van der Waals surface area contributed by atoms with Crippen molar-refractivity contribution in [3.05, 3.63) is 107 Å². The van der Waals surface area contributed by atoms with Crippen molar-refractivity contribution in [3.63, 3.8) is 0 Å². The Hall–Kier alpha value is -5.62. The highest BCUT2D eigenvalue weighted by Crippen LogP contribution is 2.47. The van der Waals surface area contributed by atoms with Crippen LogP contribution in [0.5, 0.6) is 17.2 Å². The molecule has 0 bridgehead atoms. The molecule has 4 atom stereocenters. The van der Waals surface area contributed by atoms with Crippen LogP contribution in [-0.4, -0.2) is 102 Å². The molecule has 0 aliphatic carbocycles. The Bertz CT molecular complexity index is 2170. The van der Waals surface area contributed by atoms with Gasteiger partial charge in [-0.15, -0.1) is 0 Å². The van der Waals surface area contributed by atoms with Gasteiger partial charge in [0.15, 0.2) is 0 Å². The second-order valence-corrected chi connectivity index (χ2v) is 16.2. The molecule has 12 heteroatoms. The van der Waals surface area contributed by atoms with Crippen LogP contribution < -0.4 is 24.6 Å². The smallest absolute Gasteiger partial charge is 0.255 e. The highest BCUT2D eigenvalue weighted by Gasteiger charge is 2.42. The quantitative estimate of drug-likeness (QED) is 0.269. The van der Waals surface area contributed by atoms with Gasteiger partial charge in [0.25, 0.3) is 5.91 Å². The summed E-state index contributed by atoms with van der Waals surface area (Å²) < 4.78 is 12.4. The molecule has 6 aliphatic rings. The van der Waals surface area contributed by atoms with Crippen LogP contribution in [0.25, 0.3) is 0 Å². The average molecular weight is 755 g/mol. The third-order valence-corrected chi connectivity index (χ3v) is 12.9. The first-order valence-corrected chi connectivity index (χ1v) is 20.0. The van der Waals surface area contributed by atoms with Crippen molar-refractivity contribution in [3.8, 4) is 17.2 Å². The molecule has 7 heterocycles. The molecule has 0 saturated carbocycles. The maximum Gasteiger partial charge on any atom is 0.255 e. The Morgan fingerprint density at radius 3 is 2.46 bits per heavy atom. The minimum absolute atomic E-state index is 0.0675. The van der Waals surface area contributed by atoms with Crippen LogP contribution in [0.15, 0.2) is 79.0 Å². The zero-order valence-electron chi connectivity index (χ0n) is 31.3. The molecule has 6 aliphatic heterocycles. The number of aromatic nitrogens is 1. The second-order valence-electron chi connectivity index (χ2n) is 16.2. The fourth-order valence-corrected chi connectivity index (χ4v) is 9.93. The van der Waals surface area contributed by atoms with E-state index in [1.54, 1.807) is 17.0 Å². The number of fused-ring (bicyclic) bond motifs is 5. The van der Waals surface area contributed by atoms with E-state index in [0.29, 0.717) is 37.7 Å². The number of piperazine rings is 1. The standard InChI is InChI=1S/C44H46N6O6/c51-32-7-8-33-38(19-32)56-26-35(28-4-2-1-3-5-28)42(33)29-6-10-40(45-21-29)48-14-12-27(13-15-48)22-47-16-17-49-31(24-47)25-55-39-20-34-30(18-37(39)49)23-50(44(34)54)36-9-11-41(52)46-43(36)53/h1-8,10,18-21,27,31,35-36,42,51H,9,11-17,22-26H2,(H,46,52,53)/t31-,35+,36?,42+/m0/s1. The number of phenols is 1. The number of nitrogens with zero attached hydrogens (tertiary/aromatic N) is 5. The topological polar surface area (TPSA) is 128 Å². The van der Waals surface area contributed by atoms with Crippen LogP contribution in [0.3, 0.4) is 0 Å². The van der Waals surface area contributed by atoms with E-state index in [9.17, 15) is 19.5 Å². The third-order valence-electron chi connectivity index (χ3n) is 12.9.